The zero-order valence-corrected chi connectivity index (χ0v) is 9.57. The van der Waals surface area contributed by atoms with Crippen LogP contribution in [0, 0.1) is 6.92 Å². The smallest absolute Gasteiger partial charge is 0.123 e. The molecule has 17 heavy (non-hydrogen) atoms. The zero-order valence-electron chi connectivity index (χ0n) is 9.57. The van der Waals surface area contributed by atoms with Crippen LogP contribution >= 0.6 is 0 Å². The number of rotatable bonds is 1. The number of hydrogen-bond acceptors (Lipinski definition) is 2. The van der Waals surface area contributed by atoms with Crippen LogP contribution in [0.25, 0.3) is 22.0 Å². The van der Waals surface area contributed by atoms with Gasteiger partial charge in [-0.25, -0.2) is 4.98 Å². The molecule has 2 aromatic heterocycles. The molecular formula is C14H13N3. The Morgan fingerprint density at radius 1 is 1.18 bits per heavy atom. The van der Waals surface area contributed by atoms with Crippen molar-refractivity contribution in [3.05, 3.63) is 48.3 Å². The van der Waals surface area contributed by atoms with E-state index < -0.39 is 0 Å². The summed E-state index contributed by atoms with van der Waals surface area (Å²) in [7, 11) is 0. The number of aromatic amines is 1. The number of hydrogen-bond donors (Lipinski definition) is 2. The Balaban J connectivity index is 2.27. The fourth-order valence-corrected chi connectivity index (χ4v) is 2.09. The van der Waals surface area contributed by atoms with E-state index in [0.717, 1.165) is 16.6 Å². The lowest BCUT2D eigenvalue weighted by atomic mass is 10.0. The van der Waals surface area contributed by atoms with Gasteiger partial charge in [0.15, 0.2) is 0 Å². The van der Waals surface area contributed by atoms with Gasteiger partial charge in [-0.2, -0.15) is 0 Å². The molecule has 0 saturated carbocycles. The van der Waals surface area contributed by atoms with Crippen LogP contribution in [0.5, 0.6) is 0 Å². The molecule has 2 heterocycles. The lowest BCUT2D eigenvalue weighted by Gasteiger charge is -2.01. The zero-order chi connectivity index (χ0) is 11.8. The molecule has 0 aliphatic heterocycles. The minimum Gasteiger partial charge on any atom is -0.384 e. The van der Waals surface area contributed by atoms with Crippen molar-refractivity contribution >= 4 is 16.7 Å². The van der Waals surface area contributed by atoms with Gasteiger partial charge in [0.25, 0.3) is 0 Å². The average Bonchev–Trinajstić information content (AvgIpc) is 2.71. The molecule has 0 fully saturated rings. The van der Waals surface area contributed by atoms with E-state index in [-0.39, 0.29) is 0 Å². The predicted octanol–water partition coefficient (Wildman–Crippen LogP) is 3.12. The second-order valence-electron chi connectivity index (χ2n) is 4.22. The SMILES string of the molecule is Cc1ccc2[nH]cc(-c3ccnc(N)c3)c2c1. The molecular weight excluding hydrogens is 210 g/mol. The van der Waals surface area contributed by atoms with Gasteiger partial charge < -0.3 is 10.7 Å². The van der Waals surface area contributed by atoms with E-state index in [1.807, 2.05) is 18.3 Å². The predicted molar refractivity (Wildman–Crippen MR) is 70.7 cm³/mol. The first kappa shape index (κ1) is 9.90. The minimum absolute atomic E-state index is 0.546. The Hall–Kier alpha value is -2.29. The first-order valence-corrected chi connectivity index (χ1v) is 5.54. The molecule has 3 aromatic rings. The maximum Gasteiger partial charge on any atom is 0.123 e. The van der Waals surface area contributed by atoms with E-state index in [9.17, 15) is 0 Å². The molecule has 84 valence electrons. The van der Waals surface area contributed by atoms with E-state index >= 15 is 0 Å². The van der Waals surface area contributed by atoms with Crippen molar-refractivity contribution < 1.29 is 0 Å². The van der Waals surface area contributed by atoms with Gasteiger partial charge in [0.1, 0.15) is 5.82 Å². The highest BCUT2D eigenvalue weighted by Gasteiger charge is 2.06. The summed E-state index contributed by atoms with van der Waals surface area (Å²) in [6.07, 6.45) is 3.75. The maximum absolute atomic E-state index is 5.72. The van der Waals surface area contributed by atoms with Gasteiger partial charge in [-0.1, -0.05) is 11.6 Å². The molecule has 3 rings (SSSR count). The van der Waals surface area contributed by atoms with Crippen LogP contribution in [0.4, 0.5) is 5.82 Å². The average molecular weight is 223 g/mol. The van der Waals surface area contributed by atoms with Gasteiger partial charge in [0.2, 0.25) is 0 Å². The third-order valence-electron chi connectivity index (χ3n) is 2.93. The number of anilines is 1. The highest BCUT2D eigenvalue weighted by Crippen LogP contribution is 2.29. The van der Waals surface area contributed by atoms with E-state index in [1.54, 1.807) is 6.20 Å². The van der Waals surface area contributed by atoms with Crippen LogP contribution in [-0.4, -0.2) is 9.97 Å². The molecule has 3 N–H and O–H groups in total. The molecule has 0 saturated heterocycles. The summed E-state index contributed by atoms with van der Waals surface area (Å²) in [5, 5.41) is 1.22. The van der Waals surface area contributed by atoms with Crippen molar-refractivity contribution in [2.45, 2.75) is 6.92 Å². The lowest BCUT2D eigenvalue weighted by molar-refractivity contribution is 1.34. The Morgan fingerprint density at radius 3 is 2.88 bits per heavy atom. The molecule has 0 unspecified atom stereocenters. The maximum atomic E-state index is 5.72. The summed E-state index contributed by atoms with van der Waals surface area (Å²) in [5.74, 6) is 0.546. The number of nitrogens with zero attached hydrogens (tertiary/aromatic N) is 1. The van der Waals surface area contributed by atoms with Crippen LogP contribution in [0.3, 0.4) is 0 Å². The molecule has 1 aromatic carbocycles. The van der Waals surface area contributed by atoms with Gasteiger partial charge in [-0.15, -0.1) is 0 Å². The van der Waals surface area contributed by atoms with Crippen molar-refractivity contribution in [3.63, 3.8) is 0 Å². The van der Waals surface area contributed by atoms with Crippen molar-refractivity contribution in [2.24, 2.45) is 0 Å². The van der Waals surface area contributed by atoms with Gasteiger partial charge in [-0.3, -0.25) is 0 Å². The number of H-pyrrole nitrogens is 1. The summed E-state index contributed by atoms with van der Waals surface area (Å²) in [5.41, 5.74) is 10.4. The number of pyridine rings is 1. The molecule has 0 aliphatic carbocycles. The minimum atomic E-state index is 0.546. The van der Waals surface area contributed by atoms with Crippen LogP contribution in [-0.2, 0) is 0 Å². The highest BCUT2D eigenvalue weighted by atomic mass is 14.8. The molecule has 0 amide bonds. The van der Waals surface area contributed by atoms with Crippen LogP contribution < -0.4 is 5.73 Å². The Labute approximate surface area is 99.3 Å². The first-order chi connectivity index (χ1) is 8.24. The molecule has 0 atom stereocenters. The van der Waals surface area contributed by atoms with Crippen LogP contribution in [0.1, 0.15) is 5.56 Å². The summed E-state index contributed by atoms with van der Waals surface area (Å²) in [6.45, 7) is 2.09. The van der Waals surface area contributed by atoms with Gasteiger partial charge >= 0.3 is 0 Å². The number of nitrogens with two attached hydrogens (primary N) is 1. The number of aryl methyl sites for hydroxylation is 1. The standard InChI is InChI=1S/C14H13N3/c1-9-2-3-13-11(6-9)12(8-17-13)10-4-5-16-14(15)7-10/h2-8,17H,1H3,(H2,15,16). The second kappa shape index (κ2) is 3.63. The fourth-order valence-electron chi connectivity index (χ4n) is 2.09. The quantitative estimate of drug-likeness (QED) is 0.666. The Bertz CT molecular complexity index is 683. The number of aromatic nitrogens is 2. The monoisotopic (exact) mass is 223 g/mol. The van der Waals surface area contributed by atoms with Crippen molar-refractivity contribution in [1.29, 1.82) is 0 Å². The summed E-state index contributed by atoms with van der Waals surface area (Å²) < 4.78 is 0. The number of nitrogens with one attached hydrogen (secondary N) is 1. The van der Waals surface area contributed by atoms with E-state index in [2.05, 4.69) is 35.1 Å². The van der Waals surface area contributed by atoms with E-state index in [4.69, 9.17) is 5.73 Å². The van der Waals surface area contributed by atoms with Crippen LogP contribution in [0.2, 0.25) is 0 Å². The molecule has 3 heteroatoms. The van der Waals surface area contributed by atoms with Crippen LogP contribution in [0.15, 0.2) is 42.7 Å². The number of fused-ring (bicyclic) bond motifs is 1. The first-order valence-electron chi connectivity index (χ1n) is 5.54. The molecule has 0 spiro atoms. The molecule has 3 nitrogen and oxygen atoms in total. The molecule has 0 aliphatic rings. The molecule has 0 bridgehead atoms. The lowest BCUT2D eigenvalue weighted by Crippen LogP contribution is -1.88. The largest absolute Gasteiger partial charge is 0.384 e. The summed E-state index contributed by atoms with van der Waals surface area (Å²) in [4.78, 5) is 7.29. The topological polar surface area (TPSA) is 54.7 Å². The second-order valence-corrected chi connectivity index (χ2v) is 4.22. The fraction of sp³-hybridized carbons (Fsp3) is 0.0714. The van der Waals surface area contributed by atoms with Crippen molar-refractivity contribution in [1.82, 2.24) is 9.97 Å². The summed E-state index contributed by atoms with van der Waals surface area (Å²) >= 11 is 0. The highest BCUT2D eigenvalue weighted by molar-refractivity contribution is 5.96. The van der Waals surface area contributed by atoms with E-state index in [1.165, 1.54) is 10.9 Å². The van der Waals surface area contributed by atoms with E-state index in [0.29, 0.717) is 5.82 Å². The number of nitrogen functional groups attached to an aromatic ring is 1. The normalized spacial score (nSPS) is 10.9. The third kappa shape index (κ3) is 1.65. The van der Waals surface area contributed by atoms with Gasteiger partial charge in [0, 0.05) is 28.9 Å². The summed E-state index contributed by atoms with van der Waals surface area (Å²) in [6, 6.07) is 10.2. The molecule has 0 radical (unpaired) electrons. The Kier molecular flexibility index (Phi) is 2.11. The Morgan fingerprint density at radius 2 is 2.06 bits per heavy atom. The van der Waals surface area contributed by atoms with Crippen molar-refractivity contribution in [2.75, 3.05) is 5.73 Å². The van der Waals surface area contributed by atoms with Gasteiger partial charge in [0.05, 0.1) is 0 Å². The van der Waals surface area contributed by atoms with Crippen molar-refractivity contribution in [3.8, 4) is 11.1 Å². The third-order valence-corrected chi connectivity index (χ3v) is 2.93. The van der Waals surface area contributed by atoms with Gasteiger partial charge in [-0.05, 0) is 36.8 Å². The number of benzene rings is 1.